The van der Waals surface area contributed by atoms with E-state index < -0.39 is 0 Å². The van der Waals surface area contributed by atoms with Crippen LogP contribution in [0.4, 0.5) is 0 Å². The van der Waals surface area contributed by atoms with Gasteiger partial charge in [-0.1, -0.05) is 13.3 Å². The number of nitrogens with one attached hydrogen (secondary N) is 2. The Bertz CT molecular complexity index is 496. The van der Waals surface area contributed by atoms with Gasteiger partial charge in [0.25, 0.3) is 0 Å². The molecule has 1 saturated heterocycles. The summed E-state index contributed by atoms with van der Waals surface area (Å²) in [5.74, 6) is 0.929. The van der Waals surface area contributed by atoms with Crippen LogP contribution in [0.25, 0.3) is 0 Å². The van der Waals surface area contributed by atoms with E-state index in [2.05, 4.69) is 32.3 Å². The molecule has 1 aliphatic carbocycles. The van der Waals surface area contributed by atoms with Gasteiger partial charge in [0.05, 0.1) is 6.54 Å². The molecule has 0 atom stereocenters. The zero-order valence-corrected chi connectivity index (χ0v) is 16.5. The van der Waals surface area contributed by atoms with Crippen LogP contribution in [0, 0.1) is 0 Å². The van der Waals surface area contributed by atoms with Crippen LogP contribution in [0.15, 0.2) is 4.99 Å². The maximum atomic E-state index is 11.9. The van der Waals surface area contributed by atoms with Crippen LogP contribution < -0.4 is 10.6 Å². The molecule has 1 heterocycles. The third-order valence-corrected chi connectivity index (χ3v) is 4.66. The van der Waals surface area contributed by atoms with Crippen LogP contribution in [0.3, 0.4) is 0 Å². The van der Waals surface area contributed by atoms with Crippen LogP contribution >= 0.6 is 0 Å². The van der Waals surface area contributed by atoms with E-state index >= 15 is 0 Å². The highest BCUT2D eigenvalue weighted by atomic mass is 16.2. The molecule has 0 aromatic rings. The van der Waals surface area contributed by atoms with Gasteiger partial charge in [-0.2, -0.15) is 0 Å². The highest BCUT2D eigenvalue weighted by molar-refractivity contribution is 5.85. The van der Waals surface area contributed by atoms with Crippen molar-refractivity contribution in [1.82, 2.24) is 25.3 Å². The Morgan fingerprint density at radius 3 is 2.42 bits per heavy atom. The lowest BCUT2D eigenvalue weighted by molar-refractivity contribution is -0.127. The van der Waals surface area contributed by atoms with Gasteiger partial charge < -0.3 is 20.4 Å². The van der Waals surface area contributed by atoms with Crippen LogP contribution in [-0.2, 0) is 9.59 Å². The largest absolute Gasteiger partial charge is 0.356 e. The summed E-state index contributed by atoms with van der Waals surface area (Å²) in [7, 11) is 3.49. The maximum absolute atomic E-state index is 11.9. The SMILES string of the molecule is CCCCNC(=NCC(=O)N(C)C)N1CCN(CC(=O)NC2CC2)CC1. The van der Waals surface area contributed by atoms with Crippen molar-refractivity contribution >= 4 is 17.8 Å². The number of piperazine rings is 1. The second-order valence-electron chi connectivity index (χ2n) is 7.31. The van der Waals surface area contributed by atoms with Gasteiger partial charge in [0.2, 0.25) is 11.8 Å². The quantitative estimate of drug-likeness (QED) is 0.351. The lowest BCUT2D eigenvalue weighted by atomic mass is 10.3. The van der Waals surface area contributed by atoms with Crippen LogP contribution in [0.1, 0.15) is 32.6 Å². The first-order valence-electron chi connectivity index (χ1n) is 9.74. The van der Waals surface area contributed by atoms with Gasteiger partial charge in [0, 0.05) is 52.9 Å². The maximum Gasteiger partial charge on any atom is 0.243 e. The highest BCUT2D eigenvalue weighted by Crippen LogP contribution is 2.18. The molecule has 0 bridgehead atoms. The fraction of sp³-hybridized carbons (Fsp3) is 0.833. The molecular formula is C18H34N6O2. The monoisotopic (exact) mass is 366 g/mol. The Balaban J connectivity index is 1.82. The first kappa shape index (κ1) is 20.5. The molecule has 2 rings (SSSR count). The topological polar surface area (TPSA) is 80.3 Å². The zero-order chi connectivity index (χ0) is 18.9. The summed E-state index contributed by atoms with van der Waals surface area (Å²) in [6.07, 6.45) is 4.42. The molecule has 0 spiro atoms. The number of aliphatic imine (C=N–C) groups is 1. The Morgan fingerprint density at radius 1 is 1.15 bits per heavy atom. The summed E-state index contributed by atoms with van der Waals surface area (Å²) >= 11 is 0. The third-order valence-electron chi connectivity index (χ3n) is 4.66. The number of hydrogen-bond donors (Lipinski definition) is 2. The predicted molar refractivity (Wildman–Crippen MR) is 103 cm³/mol. The van der Waals surface area contributed by atoms with Crippen molar-refractivity contribution in [1.29, 1.82) is 0 Å². The van der Waals surface area contributed by atoms with Gasteiger partial charge in [-0.05, 0) is 19.3 Å². The Kier molecular flexibility index (Phi) is 8.15. The average Bonchev–Trinajstić information content (AvgIpc) is 3.42. The Morgan fingerprint density at radius 2 is 1.85 bits per heavy atom. The van der Waals surface area contributed by atoms with E-state index in [1.165, 1.54) is 0 Å². The molecule has 0 aromatic carbocycles. The minimum absolute atomic E-state index is 0.00447. The van der Waals surface area contributed by atoms with E-state index in [0.717, 1.165) is 64.4 Å². The molecule has 2 amide bonds. The van der Waals surface area contributed by atoms with Gasteiger partial charge in [-0.25, -0.2) is 4.99 Å². The molecule has 2 N–H and O–H groups in total. The van der Waals surface area contributed by atoms with E-state index in [1.807, 2.05) is 0 Å². The van der Waals surface area contributed by atoms with E-state index in [4.69, 9.17) is 0 Å². The third kappa shape index (κ3) is 7.19. The Hall–Kier alpha value is -1.83. The van der Waals surface area contributed by atoms with E-state index in [1.54, 1.807) is 19.0 Å². The molecule has 2 aliphatic rings. The number of hydrogen-bond acceptors (Lipinski definition) is 4. The van der Waals surface area contributed by atoms with Crippen molar-refractivity contribution in [3.8, 4) is 0 Å². The summed E-state index contributed by atoms with van der Waals surface area (Å²) in [4.78, 5) is 34.2. The minimum Gasteiger partial charge on any atom is -0.356 e. The first-order valence-corrected chi connectivity index (χ1v) is 9.74. The second kappa shape index (κ2) is 10.4. The second-order valence-corrected chi connectivity index (χ2v) is 7.31. The van der Waals surface area contributed by atoms with Crippen molar-refractivity contribution in [3.05, 3.63) is 0 Å². The molecule has 8 heteroatoms. The molecule has 0 unspecified atom stereocenters. The summed E-state index contributed by atoms with van der Waals surface area (Å²) in [5, 5.41) is 6.42. The minimum atomic E-state index is -0.00447. The molecule has 148 valence electrons. The van der Waals surface area contributed by atoms with Gasteiger partial charge in [0.1, 0.15) is 6.54 Å². The average molecular weight is 367 g/mol. The van der Waals surface area contributed by atoms with Crippen LogP contribution in [-0.4, -0.2) is 98.4 Å². The van der Waals surface area contributed by atoms with Gasteiger partial charge in [-0.3, -0.25) is 14.5 Å². The van der Waals surface area contributed by atoms with Crippen LogP contribution in [0.2, 0.25) is 0 Å². The van der Waals surface area contributed by atoms with Crippen molar-refractivity contribution in [3.63, 3.8) is 0 Å². The number of carbonyl (C=O) groups excluding carboxylic acids is 2. The normalized spacial score (nSPS) is 18.6. The molecule has 1 aliphatic heterocycles. The molecule has 8 nitrogen and oxygen atoms in total. The molecule has 26 heavy (non-hydrogen) atoms. The van der Waals surface area contributed by atoms with Crippen molar-refractivity contribution in [2.45, 2.75) is 38.6 Å². The Labute approximate surface area is 157 Å². The van der Waals surface area contributed by atoms with Crippen molar-refractivity contribution < 1.29 is 9.59 Å². The number of amides is 2. The summed E-state index contributed by atoms with van der Waals surface area (Å²) in [6.45, 7) is 6.91. The molecular weight excluding hydrogens is 332 g/mol. The van der Waals surface area contributed by atoms with Gasteiger partial charge in [0.15, 0.2) is 5.96 Å². The van der Waals surface area contributed by atoms with Gasteiger partial charge in [-0.15, -0.1) is 0 Å². The smallest absolute Gasteiger partial charge is 0.243 e. The van der Waals surface area contributed by atoms with E-state index in [9.17, 15) is 9.59 Å². The lowest BCUT2D eigenvalue weighted by Crippen LogP contribution is -2.54. The summed E-state index contributed by atoms with van der Waals surface area (Å²) in [6, 6.07) is 0.416. The number of carbonyl (C=O) groups is 2. The van der Waals surface area contributed by atoms with Crippen LogP contribution in [0.5, 0.6) is 0 Å². The van der Waals surface area contributed by atoms with Crippen molar-refractivity contribution in [2.24, 2.45) is 4.99 Å². The zero-order valence-electron chi connectivity index (χ0n) is 16.5. The molecule has 2 fully saturated rings. The van der Waals surface area contributed by atoms with Crippen molar-refractivity contribution in [2.75, 3.05) is 59.9 Å². The predicted octanol–water partition coefficient (Wildman–Crippen LogP) is -0.283. The number of unbranched alkanes of at least 4 members (excludes halogenated alkanes) is 1. The standard InChI is InChI=1S/C18H34N6O2/c1-4-5-8-19-18(20-13-17(26)22(2)3)24-11-9-23(10-12-24)14-16(25)21-15-6-7-15/h15H,4-14H2,1-3H3,(H,19,20)(H,21,25). The lowest BCUT2D eigenvalue weighted by Gasteiger charge is -2.36. The van der Waals surface area contributed by atoms with Gasteiger partial charge >= 0.3 is 0 Å². The molecule has 1 saturated carbocycles. The number of nitrogens with zero attached hydrogens (tertiary/aromatic N) is 4. The fourth-order valence-corrected chi connectivity index (χ4v) is 2.75. The number of guanidine groups is 1. The molecule has 0 radical (unpaired) electrons. The summed E-state index contributed by atoms with van der Waals surface area (Å²) < 4.78 is 0. The van der Waals surface area contributed by atoms with E-state index in [0.29, 0.717) is 12.6 Å². The summed E-state index contributed by atoms with van der Waals surface area (Å²) in [5.41, 5.74) is 0. The van der Waals surface area contributed by atoms with E-state index in [-0.39, 0.29) is 18.4 Å². The number of rotatable bonds is 8. The molecule has 0 aromatic heterocycles. The number of likely N-dealkylation sites (N-methyl/N-ethyl adjacent to an activating group) is 1. The first-order chi connectivity index (χ1) is 12.5. The highest BCUT2D eigenvalue weighted by Gasteiger charge is 2.26. The fourth-order valence-electron chi connectivity index (χ4n) is 2.75.